The summed E-state index contributed by atoms with van der Waals surface area (Å²) in [6.07, 6.45) is 20.6. The van der Waals surface area contributed by atoms with Crippen molar-refractivity contribution in [1.82, 2.24) is 4.90 Å². The number of carbonyl (C=O) groups excluding carboxylic acids is 1. The Morgan fingerprint density at radius 2 is 1.16 bits per heavy atom. The van der Waals surface area contributed by atoms with E-state index < -0.39 is 30.9 Å². The Morgan fingerprint density at radius 1 is 0.667 bits per heavy atom. The number of unbranched alkanes of at least 4 members (excludes halogenated alkanes) is 15. The summed E-state index contributed by atoms with van der Waals surface area (Å²) >= 11 is 5.96. The Kier molecular flexibility index (Phi) is 19.5. The highest BCUT2D eigenvalue weighted by Crippen LogP contribution is 2.27. The average Bonchev–Trinajstić information content (AvgIpc) is 3.01. The first-order valence-corrected chi connectivity index (χ1v) is 17.0. The molecule has 0 aromatic heterocycles. The van der Waals surface area contributed by atoms with Crippen LogP contribution >= 0.6 is 11.6 Å². The third-order valence-electron chi connectivity index (χ3n) is 7.70. The van der Waals surface area contributed by atoms with Crippen molar-refractivity contribution in [3.05, 3.63) is 58.6 Å². The van der Waals surface area contributed by atoms with Crippen molar-refractivity contribution in [2.24, 2.45) is 0 Å². The minimum absolute atomic E-state index is 0.0379. The fraction of sp³-hybridized carbons (Fsp3) is 0.583. The van der Waals surface area contributed by atoms with E-state index in [0.717, 1.165) is 29.7 Å². The molecule has 0 aliphatic carbocycles. The molecule has 0 saturated carbocycles. The molecule has 45 heavy (non-hydrogen) atoms. The number of halogens is 1. The van der Waals surface area contributed by atoms with Gasteiger partial charge in [-0.1, -0.05) is 127 Å². The molecule has 250 valence electrons. The van der Waals surface area contributed by atoms with Gasteiger partial charge < -0.3 is 24.6 Å². The van der Waals surface area contributed by atoms with Gasteiger partial charge in [0.2, 0.25) is 0 Å². The Bertz CT molecular complexity index is 1120. The van der Waals surface area contributed by atoms with Crippen LogP contribution in [0, 0.1) is 0 Å². The number of hydrogen-bond acceptors (Lipinski definition) is 5. The molecule has 0 atom stereocenters. The van der Waals surface area contributed by atoms with Crippen LogP contribution in [-0.4, -0.2) is 52.7 Å². The van der Waals surface area contributed by atoms with Gasteiger partial charge in [-0.3, -0.25) is 14.4 Å². The first-order valence-electron chi connectivity index (χ1n) is 16.7. The summed E-state index contributed by atoms with van der Waals surface area (Å²) in [7, 11) is 0. The Balaban J connectivity index is 1.78. The minimum atomic E-state index is -1.32. The van der Waals surface area contributed by atoms with Gasteiger partial charge in [0, 0.05) is 5.02 Å². The molecule has 0 saturated heterocycles. The molecule has 1 amide bonds. The molecule has 0 heterocycles. The van der Waals surface area contributed by atoms with Crippen LogP contribution in [0.4, 0.5) is 0 Å². The number of carboxylic acid groups (broad SMARTS) is 2. The van der Waals surface area contributed by atoms with Crippen LogP contribution < -0.4 is 9.47 Å². The topological polar surface area (TPSA) is 113 Å². The molecule has 9 heteroatoms. The van der Waals surface area contributed by atoms with Crippen LogP contribution in [0.25, 0.3) is 0 Å². The SMILES string of the molecule is CCCCCCCCCCCCCCCCCCOc1ccc(OCc2ccc(Cl)cc2)c(C(=O)N(CC(=O)O)CC(=O)O)c1. The smallest absolute Gasteiger partial charge is 0.323 e. The molecular weight excluding hydrogens is 594 g/mol. The zero-order valence-corrected chi connectivity index (χ0v) is 27.7. The number of carboxylic acids is 2. The standard InChI is InChI=1S/C36H52ClNO7/c1-2-3-4-5-6-7-8-9-10-11-12-13-14-15-16-17-24-44-31-22-23-33(45-28-29-18-20-30(37)21-19-29)32(25-31)36(43)38(26-34(39)40)27-35(41)42/h18-23,25H,2-17,24,26-28H2,1H3,(H,39,40)(H,41,42). The number of benzene rings is 2. The zero-order chi connectivity index (χ0) is 32.7. The summed E-state index contributed by atoms with van der Waals surface area (Å²) in [6.45, 7) is 1.36. The van der Waals surface area contributed by atoms with Crippen LogP contribution in [0.3, 0.4) is 0 Å². The van der Waals surface area contributed by atoms with Crippen molar-refractivity contribution in [3.8, 4) is 11.5 Å². The zero-order valence-electron chi connectivity index (χ0n) is 26.9. The van der Waals surface area contributed by atoms with E-state index in [1.807, 2.05) is 0 Å². The average molecular weight is 646 g/mol. The molecule has 2 rings (SSSR count). The van der Waals surface area contributed by atoms with Gasteiger partial charge >= 0.3 is 11.9 Å². The highest BCUT2D eigenvalue weighted by molar-refractivity contribution is 6.30. The van der Waals surface area contributed by atoms with Gasteiger partial charge in [-0.2, -0.15) is 0 Å². The summed E-state index contributed by atoms with van der Waals surface area (Å²) in [5.74, 6) is -2.76. The van der Waals surface area contributed by atoms with E-state index in [1.54, 1.807) is 36.4 Å². The predicted octanol–water partition coefficient (Wildman–Crippen LogP) is 9.17. The van der Waals surface area contributed by atoms with Crippen LogP contribution in [0.5, 0.6) is 11.5 Å². The van der Waals surface area contributed by atoms with Gasteiger partial charge in [0.15, 0.2) is 0 Å². The van der Waals surface area contributed by atoms with E-state index in [4.69, 9.17) is 21.1 Å². The monoisotopic (exact) mass is 645 g/mol. The van der Waals surface area contributed by atoms with Gasteiger partial charge in [0.1, 0.15) is 31.2 Å². The molecular formula is C36H52ClNO7. The molecule has 0 bridgehead atoms. The normalized spacial score (nSPS) is 10.9. The summed E-state index contributed by atoms with van der Waals surface area (Å²) < 4.78 is 11.8. The third kappa shape index (κ3) is 17.1. The maximum atomic E-state index is 13.3. The number of aliphatic carboxylic acids is 2. The molecule has 0 unspecified atom stereocenters. The van der Waals surface area contributed by atoms with Gasteiger partial charge in [-0.25, -0.2) is 0 Å². The largest absolute Gasteiger partial charge is 0.494 e. The van der Waals surface area contributed by atoms with E-state index in [-0.39, 0.29) is 17.9 Å². The maximum Gasteiger partial charge on any atom is 0.323 e. The molecule has 2 aromatic rings. The Hall–Kier alpha value is -3.26. The van der Waals surface area contributed by atoms with Crippen molar-refractivity contribution < 1.29 is 34.1 Å². The van der Waals surface area contributed by atoms with E-state index in [9.17, 15) is 24.6 Å². The molecule has 0 fully saturated rings. The predicted molar refractivity (Wildman–Crippen MR) is 178 cm³/mol. The molecule has 0 aliphatic rings. The fourth-order valence-electron chi connectivity index (χ4n) is 5.17. The summed E-state index contributed by atoms with van der Waals surface area (Å²) in [5, 5.41) is 19.1. The number of ether oxygens (including phenoxy) is 2. The minimum Gasteiger partial charge on any atom is -0.494 e. The van der Waals surface area contributed by atoms with Gasteiger partial charge in [-0.05, 0) is 42.3 Å². The second-order valence-corrected chi connectivity index (χ2v) is 12.1. The number of amides is 1. The number of nitrogens with zero attached hydrogens (tertiary/aromatic N) is 1. The van der Waals surface area contributed by atoms with Crippen molar-refractivity contribution in [2.45, 2.75) is 116 Å². The summed E-state index contributed by atoms with van der Waals surface area (Å²) in [6, 6.07) is 11.8. The lowest BCUT2D eigenvalue weighted by Gasteiger charge is -2.21. The van der Waals surface area contributed by atoms with Crippen LogP contribution in [0.1, 0.15) is 126 Å². The lowest BCUT2D eigenvalue weighted by molar-refractivity contribution is -0.140. The van der Waals surface area contributed by atoms with Crippen LogP contribution in [-0.2, 0) is 16.2 Å². The van der Waals surface area contributed by atoms with Gasteiger partial charge in [-0.15, -0.1) is 0 Å². The highest BCUT2D eigenvalue weighted by Gasteiger charge is 2.25. The Morgan fingerprint density at radius 3 is 1.64 bits per heavy atom. The van der Waals surface area contributed by atoms with Crippen molar-refractivity contribution in [2.75, 3.05) is 19.7 Å². The summed E-state index contributed by atoms with van der Waals surface area (Å²) in [4.78, 5) is 36.8. The molecule has 2 N–H and O–H groups in total. The first-order chi connectivity index (χ1) is 21.8. The summed E-state index contributed by atoms with van der Waals surface area (Å²) in [5.41, 5.74) is 0.852. The molecule has 0 radical (unpaired) electrons. The van der Waals surface area contributed by atoms with E-state index in [2.05, 4.69) is 6.92 Å². The van der Waals surface area contributed by atoms with E-state index in [0.29, 0.717) is 17.4 Å². The number of rotatable bonds is 26. The Labute approximate surface area is 274 Å². The fourth-order valence-corrected chi connectivity index (χ4v) is 5.30. The number of carbonyl (C=O) groups is 3. The van der Waals surface area contributed by atoms with E-state index in [1.165, 1.54) is 89.5 Å². The molecule has 2 aromatic carbocycles. The van der Waals surface area contributed by atoms with E-state index >= 15 is 0 Å². The van der Waals surface area contributed by atoms with Crippen molar-refractivity contribution >= 4 is 29.4 Å². The van der Waals surface area contributed by atoms with Crippen LogP contribution in [0.15, 0.2) is 42.5 Å². The lowest BCUT2D eigenvalue weighted by atomic mass is 10.0. The second-order valence-electron chi connectivity index (χ2n) is 11.7. The van der Waals surface area contributed by atoms with Crippen molar-refractivity contribution in [1.29, 1.82) is 0 Å². The third-order valence-corrected chi connectivity index (χ3v) is 7.95. The van der Waals surface area contributed by atoms with Gasteiger partial charge in [0.25, 0.3) is 5.91 Å². The highest BCUT2D eigenvalue weighted by atomic mass is 35.5. The lowest BCUT2D eigenvalue weighted by Crippen LogP contribution is -2.39. The molecule has 0 aliphatic heterocycles. The van der Waals surface area contributed by atoms with Crippen molar-refractivity contribution in [3.63, 3.8) is 0 Å². The molecule has 8 nitrogen and oxygen atoms in total. The quantitative estimate of drug-likeness (QED) is 0.0981. The molecule has 0 spiro atoms. The second kappa shape index (κ2) is 23.1. The number of hydrogen-bond donors (Lipinski definition) is 2. The maximum absolute atomic E-state index is 13.3. The first kappa shape index (κ1) is 37.9. The van der Waals surface area contributed by atoms with Gasteiger partial charge in [0.05, 0.1) is 12.2 Å². The van der Waals surface area contributed by atoms with Crippen LogP contribution in [0.2, 0.25) is 5.02 Å².